The maximum absolute atomic E-state index is 4.46. The van der Waals surface area contributed by atoms with Crippen LogP contribution in [-0.4, -0.2) is 4.98 Å². The molecule has 0 amide bonds. The van der Waals surface area contributed by atoms with Gasteiger partial charge in [-0.2, -0.15) is 0 Å². The summed E-state index contributed by atoms with van der Waals surface area (Å²) in [5, 5.41) is 0. The van der Waals surface area contributed by atoms with Gasteiger partial charge in [-0.3, -0.25) is 4.98 Å². The predicted octanol–water partition coefficient (Wildman–Crippen LogP) is 3.72. The number of hydrogen-bond acceptors (Lipinski definition) is 1. The van der Waals surface area contributed by atoms with Crippen LogP contribution in [0.15, 0.2) is 18.3 Å². The lowest BCUT2D eigenvalue weighted by molar-refractivity contribution is 0.568. The Morgan fingerprint density at radius 1 is 1.29 bits per heavy atom. The first-order chi connectivity index (χ1) is 6.45. The first-order valence-corrected chi connectivity index (χ1v) is 5.05. The zero-order valence-corrected chi connectivity index (χ0v) is 9.76. The molecule has 0 aliphatic carbocycles. The van der Waals surface area contributed by atoms with Crippen LogP contribution in [0.3, 0.4) is 0 Å². The van der Waals surface area contributed by atoms with E-state index in [0.29, 0.717) is 0 Å². The minimum absolute atomic E-state index is 0.129. The van der Waals surface area contributed by atoms with E-state index in [1.54, 1.807) is 0 Å². The normalized spacial score (nSPS) is 12.4. The fourth-order valence-corrected chi connectivity index (χ4v) is 1.31. The van der Waals surface area contributed by atoms with Gasteiger partial charge in [-0.15, -0.1) is 0 Å². The Morgan fingerprint density at radius 3 is 2.43 bits per heavy atom. The summed E-state index contributed by atoms with van der Waals surface area (Å²) in [5.41, 5.74) is 3.78. The van der Waals surface area contributed by atoms with Gasteiger partial charge in [0.2, 0.25) is 0 Å². The molecule has 1 rings (SSSR count). The standard InChI is InChI=1S/C13H19N/c1-6-7-11-8-12(13(3,4)5)14-9-10(11)2/h6-9H,1-5H3/b7-6-. The van der Waals surface area contributed by atoms with E-state index in [0.717, 1.165) is 5.69 Å². The second-order valence-corrected chi connectivity index (χ2v) is 4.68. The van der Waals surface area contributed by atoms with E-state index in [4.69, 9.17) is 0 Å². The Bertz CT molecular complexity index is 343. The van der Waals surface area contributed by atoms with Crippen LogP contribution in [0.2, 0.25) is 0 Å². The number of pyridine rings is 1. The summed E-state index contributed by atoms with van der Waals surface area (Å²) >= 11 is 0. The van der Waals surface area contributed by atoms with Gasteiger partial charge in [0, 0.05) is 17.3 Å². The molecule has 0 unspecified atom stereocenters. The summed E-state index contributed by atoms with van der Waals surface area (Å²) in [6, 6.07) is 2.18. The smallest absolute Gasteiger partial charge is 0.0463 e. The van der Waals surface area contributed by atoms with Gasteiger partial charge >= 0.3 is 0 Å². The number of nitrogens with zero attached hydrogens (tertiary/aromatic N) is 1. The average Bonchev–Trinajstić information content (AvgIpc) is 2.07. The zero-order chi connectivity index (χ0) is 10.8. The van der Waals surface area contributed by atoms with Gasteiger partial charge < -0.3 is 0 Å². The molecule has 76 valence electrons. The first kappa shape index (κ1) is 11.0. The van der Waals surface area contributed by atoms with E-state index in [-0.39, 0.29) is 5.41 Å². The molecule has 14 heavy (non-hydrogen) atoms. The predicted molar refractivity (Wildman–Crippen MR) is 62.4 cm³/mol. The molecule has 1 heterocycles. The third-order valence-corrected chi connectivity index (χ3v) is 2.26. The number of allylic oxidation sites excluding steroid dienone is 1. The molecule has 1 heteroatoms. The van der Waals surface area contributed by atoms with Crippen molar-refractivity contribution in [3.05, 3.63) is 35.2 Å². The molecular formula is C13H19N. The summed E-state index contributed by atoms with van der Waals surface area (Å²) in [7, 11) is 0. The maximum Gasteiger partial charge on any atom is 0.0463 e. The molecule has 0 fully saturated rings. The van der Waals surface area contributed by atoms with Crippen molar-refractivity contribution in [2.75, 3.05) is 0 Å². The van der Waals surface area contributed by atoms with Gasteiger partial charge in [0.25, 0.3) is 0 Å². The van der Waals surface area contributed by atoms with Crippen LogP contribution in [0.4, 0.5) is 0 Å². The van der Waals surface area contributed by atoms with Crippen molar-refractivity contribution in [1.29, 1.82) is 0 Å². The Kier molecular flexibility index (Phi) is 3.10. The molecule has 0 saturated carbocycles. The summed E-state index contributed by atoms with van der Waals surface area (Å²) in [5.74, 6) is 0. The highest BCUT2D eigenvalue weighted by atomic mass is 14.7. The molecule has 1 aromatic rings. The highest BCUT2D eigenvalue weighted by Crippen LogP contribution is 2.22. The Balaban J connectivity index is 3.19. The largest absolute Gasteiger partial charge is 0.260 e. The third kappa shape index (κ3) is 2.44. The van der Waals surface area contributed by atoms with Crippen LogP contribution in [-0.2, 0) is 5.41 Å². The molecule has 0 aliphatic rings. The molecule has 0 aliphatic heterocycles. The topological polar surface area (TPSA) is 12.9 Å². The van der Waals surface area contributed by atoms with Crippen LogP contribution < -0.4 is 0 Å². The molecule has 0 atom stereocenters. The number of rotatable bonds is 1. The zero-order valence-electron chi connectivity index (χ0n) is 9.76. The molecular weight excluding hydrogens is 170 g/mol. The van der Waals surface area contributed by atoms with Crippen LogP contribution in [0.25, 0.3) is 6.08 Å². The lowest BCUT2D eigenvalue weighted by atomic mass is 9.90. The van der Waals surface area contributed by atoms with Gasteiger partial charge in [0.05, 0.1) is 0 Å². The van der Waals surface area contributed by atoms with E-state index in [9.17, 15) is 0 Å². The lowest BCUT2D eigenvalue weighted by Crippen LogP contribution is -2.13. The van der Waals surface area contributed by atoms with Gasteiger partial charge in [-0.25, -0.2) is 0 Å². The second kappa shape index (κ2) is 3.95. The van der Waals surface area contributed by atoms with Crippen molar-refractivity contribution in [1.82, 2.24) is 4.98 Å². The van der Waals surface area contributed by atoms with Crippen LogP contribution in [0, 0.1) is 6.92 Å². The van der Waals surface area contributed by atoms with E-state index in [2.05, 4.69) is 50.9 Å². The SMILES string of the molecule is C/C=C\c1cc(C(C)(C)C)ncc1C. The monoisotopic (exact) mass is 189 g/mol. The fourth-order valence-electron chi connectivity index (χ4n) is 1.31. The van der Waals surface area contributed by atoms with E-state index in [1.165, 1.54) is 11.1 Å². The second-order valence-electron chi connectivity index (χ2n) is 4.68. The quantitative estimate of drug-likeness (QED) is 0.656. The number of aryl methyl sites for hydroxylation is 1. The van der Waals surface area contributed by atoms with Crippen molar-refractivity contribution in [3.63, 3.8) is 0 Å². The number of hydrogen-bond donors (Lipinski definition) is 0. The van der Waals surface area contributed by atoms with E-state index in [1.807, 2.05) is 13.1 Å². The highest BCUT2D eigenvalue weighted by Gasteiger charge is 2.15. The van der Waals surface area contributed by atoms with Crippen molar-refractivity contribution in [2.24, 2.45) is 0 Å². The summed E-state index contributed by atoms with van der Waals surface area (Å²) in [4.78, 5) is 4.46. The molecule has 0 N–H and O–H groups in total. The third-order valence-electron chi connectivity index (χ3n) is 2.26. The van der Waals surface area contributed by atoms with Crippen molar-refractivity contribution in [2.45, 2.75) is 40.0 Å². The van der Waals surface area contributed by atoms with E-state index >= 15 is 0 Å². The Hall–Kier alpha value is -1.11. The Labute approximate surface area is 86.9 Å². The minimum Gasteiger partial charge on any atom is -0.260 e. The summed E-state index contributed by atoms with van der Waals surface area (Å²) in [6.07, 6.45) is 6.15. The van der Waals surface area contributed by atoms with E-state index < -0.39 is 0 Å². The van der Waals surface area contributed by atoms with Crippen molar-refractivity contribution < 1.29 is 0 Å². The fraction of sp³-hybridized carbons (Fsp3) is 0.462. The van der Waals surface area contributed by atoms with Gasteiger partial charge in [0.15, 0.2) is 0 Å². The molecule has 1 aromatic heterocycles. The number of aromatic nitrogens is 1. The van der Waals surface area contributed by atoms with Crippen molar-refractivity contribution >= 4 is 6.08 Å². The molecule has 0 bridgehead atoms. The van der Waals surface area contributed by atoms with Crippen LogP contribution in [0.1, 0.15) is 44.5 Å². The van der Waals surface area contributed by atoms with Gasteiger partial charge in [0.1, 0.15) is 0 Å². The van der Waals surface area contributed by atoms with Gasteiger partial charge in [-0.05, 0) is 31.0 Å². The summed E-state index contributed by atoms with van der Waals surface area (Å²) in [6.45, 7) is 10.7. The Morgan fingerprint density at radius 2 is 1.93 bits per heavy atom. The minimum atomic E-state index is 0.129. The lowest BCUT2D eigenvalue weighted by Gasteiger charge is -2.18. The molecule has 0 spiro atoms. The first-order valence-electron chi connectivity index (χ1n) is 5.05. The molecule has 1 nitrogen and oxygen atoms in total. The molecule has 0 radical (unpaired) electrons. The van der Waals surface area contributed by atoms with Crippen LogP contribution in [0.5, 0.6) is 0 Å². The molecule has 0 aromatic carbocycles. The van der Waals surface area contributed by atoms with Crippen molar-refractivity contribution in [3.8, 4) is 0 Å². The van der Waals surface area contributed by atoms with Crippen LogP contribution >= 0.6 is 0 Å². The summed E-state index contributed by atoms with van der Waals surface area (Å²) < 4.78 is 0. The van der Waals surface area contributed by atoms with Gasteiger partial charge in [-0.1, -0.05) is 32.9 Å². The molecule has 0 saturated heterocycles. The average molecular weight is 189 g/mol. The maximum atomic E-state index is 4.46. The highest BCUT2D eigenvalue weighted by molar-refractivity contribution is 5.53.